The summed E-state index contributed by atoms with van der Waals surface area (Å²) in [5.41, 5.74) is 0.932. The van der Waals surface area contributed by atoms with Crippen molar-refractivity contribution in [2.75, 3.05) is 20.3 Å². The minimum atomic E-state index is -0.816. The molecule has 1 aliphatic carbocycles. The molecule has 5 atom stereocenters. The molecule has 0 aromatic heterocycles. The van der Waals surface area contributed by atoms with Gasteiger partial charge >= 0.3 is 12.1 Å². The van der Waals surface area contributed by atoms with Crippen LogP contribution in [0.25, 0.3) is 0 Å². The quantitative estimate of drug-likeness (QED) is 0.393. The second-order valence-electron chi connectivity index (χ2n) is 7.69. The number of carbonyl (C=O) groups is 3. The van der Waals surface area contributed by atoms with E-state index in [1.54, 1.807) is 14.0 Å². The molecule has 1 N–H and O–H groups in total. The average molecular weight is 404 g/mol. The van der Waals surface area contributed by atoms with Crippen LogP contribution in [0.15, 0.2) is 36.6 Å². The van der Waals surface area contributed by atoms with E-state index in [1.807, 2.05) is 0 Å². The molecule has 0 radical (unpaired) electrons. The third-order valence-electron chi connectivity index (χ3n) is 5.99. The molecule has 2 amide bonds. The summed E-state index contributed by atoms with van der Waals surface area (Å²) in [6, 6.07) is -0.672. The van der Waals surface area contributed by atoms with Crippen LogP contribution in [0.1, 0.15) is 26.2 Å². The summed E-state index contributed by atoms with van der Waals surface area (Å²) >= 11 is 0. The van der Waals surface area contributed by atoms with E-state index in [2.05, 4.69) is 13.2 Å². The fourth-order valence-electron chi connectivity index (χ4n) is 4.81. The lowest BCUT2D eigenvalue weighted by molar-refractivity contribution is -0.164. The van der Waals surface area contributed by atoms with Crippen LogP contribution in [0.4, 0.5) is 4.79 Å². The van der Waals surface area contributed by atoms with Gasteiger partial charge in [-0.2, -0.15) is 0 Å². The smallest absolute Gasteiger partial charge is 0.410 e. The largest absolute Gasteiger partial charge is 0.457 e. The predicted molar refractivity (Wildman–Crippen MR) is 104 cm³/mol. The van der Waals surface area contributed by atoms with Crippen LogP contribution in [0.3, 0.4) is 0 Å². The molecule has 1 saturated heterocycles. The van der Waals surface area contributed by atoms with Crippen molar-refractivity contribution in [2.45, 2.75) is 44.4 Å². The van der Waals surface area contributed by atoms with Crippen LogP contribution in [0, 0.1) is 11.8 Å². The first-order valence-corrected chi connectivity index (χ1v) is 9.88. The lowest BCUT2D eigenvalue weighted by Crippen LogP contribution is -2.64. The van der Waals surface area contributed by atoms with Crippen molar-refractivity contribution >= 4 is 18.0 Å². The van der Waals surface area contributed by atoms with Crippen molar-refractivity contribution in [2.24, 2.45) is 11.8 Å². The van der Waals surface area contributed by atoms with Crippen LogP contribution in [-0.2, 0) is 19.1 Å². The minimum absolute atomic E-state index is 0.0225. The molecule has 1 unspecified atom stereocenters. The molecule has 0 spiro atoms. The number of likely N-dealkylation sites (N-methyl/N-ethyl adjacent to an activating group) is 1. The Morgan fingerprint density at radius 2 is 1.93 bits per heavy atom. The van der Waals surface area contributed by atoms with Gasteiger partial charge in [0.25, 0.3) is 0 Å². The maximum absolute atomic E-state index is 12.8. The topological polar surface area (TPSA) is 96.4 Å². The third kappa shape index (κ3) is 3.46. The van der Waals surface area contributed by atoms with Gasteiger partial charge in [-0.1, -0.05) is 31.7 Å². The van der Waals surface area contributed by atoms with Crippen molar-refractivity contribution in [3.8, 4) is 0 Å². The Morgan fingerprint density at radius 3 is 2.55 bits per heavy atom. The molecular weight excluding hydrogens is 376 g/mol. The van der Waals surface area contributed by atoms with E-state index < -0.39 is 24.1 Å². The first kappa shape index (κ1) is 21.1. The first-order chi connectivity index (χ1) is 13.8. The number of hydrogen-bond donors (Lipinski definition) is 1. The number of carbonyl (C=O) groups excluding carboxylic acids is 3. The molecule has 0 bridgehead atoms. The number of aliphatic hydroxyl groups is 1. The lowest BCUT2D eigenvalue weighted by Gasteiger charge is -2.48. The molecule has 8 nitrogen and oxygen atoms in total. The molecule has 29 heavy (non-hydrogen) atoms. The molecule has 1 saturated carbocycles. The standard InChI is InChI=1S/C21H28N2O6/c1-5-10-28-20(26)18-16-13(17-15(12(3)24)19(25)23(17)18)8-7-9-14(16)22(4)21(27)29-11-6-2/h5-6,12-15,17,24H,1-2,7-11H2,3-4H3/t12?,13-,14-,15+,17+/m0/s1. The number of fused-ring (bicyclic) bond motifs is 3. The van der Waals surface area contributed by atoms with E-state index >= 15 is 0 Å². The average Bonchev–Trinajstić information content (AvgIpc) is 2.99. The summed E-state index contributed by atoms with van der Waals surface area (Å²) < 4.78 is 10.4. The van der Waals surface area contributed by atoms with E-state index in [4.69, 9.17) is 9.47 Å². The molecule has 3 rings (SSSR count). The maximum Gasteiger partial charge on any atom is 0.410 e. The number of esters is 1. The van der Waals surface area contributed by atoms with Gasteiger partial charge in [-0.05, 0) is 25.3 Å². The number of rotatable bonds is 7. The third-order valence-corrected chi connectivity index (χ3v) is 5.99. The molecule has 2 heterocycles. The van der Waals surface area contributed by atoms with Gasteiger partial charge in [0.15, 0.2) is 0 Å². The second-order valence-corrected chi connectivity index (χ2v) is 7.69. The van der Waals surface area contributed by atoms with E-state index in [-0.39, 0.29) is 42.8 Å². The van der Waals surface area contributed by atoms with Gasteiger partial charge in [0.05, 0.1) is 24.1 Å². The Balaban J connectivity index is 1.99. The predicted octanol–water partition coefficient (Wildman–Crippen LogP) is 1.61. The van der Waals surface area contributed by atoms with Gasteiger partial charge < -0.3 is 24.4 Å². The Labute approximate surface area is 170 Å². The first-order valence-electron chi connectivity index (χ1n) is 9.88. The highest BCUT2D eigenvalue weighted by Crippen LogP contribution is 2.53. The van der Waals surface area contributed by atoms with Gasteiger partial charge in [0.2, 0.25) is 5.91 Å². The van der Waals surface area contributed by atoms with Gasteiger partial charge in [-0.15, -0.1) is 0 Å². The highest BCUT2D eigenvalue weighted by atomic mass is 16.6. The number of hydrogen-bond acceptors (Lipinski definition) is 6. The zero-order valence-corrected chi connectivity index (χ0v) is 16.9. The normalized spacial score (nSPS) is 28.7. The fourth-order valence-corrected chi connectivity index (χ4v) is 4.81. The molecule has 158 valence electrons. The molecule has 2 aliphatic heterocycles. The Bertz CT molecular complexity index is 758. The van der Waals surface area contributed by atoms with Crippen LogP contribution in [-0.4, -0.2) is 71.3 Å². The number of nitrogens with zero attached hydrogens (tertiary/aromatic N) is 2. The summed E-state index contributed by atoms with van der Waals surface area (Å²) in [5.74, 6) is -1.55. The number of β-lactam (4-membered cyclic amide) rings is 1. The Morgan fingerprint density at radius 1 is 1.28 bits per heavy atom. The molecule has 0 aromatic rings. The van der Waals surface area contributed by atoms with Crippen LogP contribution in [0.2, 0.25) is 0 Å². The van der Waals surface area contributed by atoms with E-state index in [9.17, 15) is 19.5 Å². The summed E-state index contributed by atoms with van der Waals surface area (Å²) in [5, 5.41) is 10.1. The van der Waals surface area contributed by atoms with Crippen molar-refractivity contribution in [3.05, 3.63) is 36.6 Å². The summed E-state index contributed by atoms with van der Waals surface area (Å²) in [4.78, 5) is 41.0. The summed E-state index contributed by atoms with van der Waals surface area (Å²) in [6.07, 6.45) is 3.87. The molecule has 0 aromatic carbocycles. The minimum Gasteiger partial charge on any atom is -0.457 e. The highest BCUT2D eigenvalue weighted by molar-refractivity contribution is 6.01. The molecular formula is C21H28N2O6. The van der Waals surface area contributed by atoms with Crippen molar-refractivity contribution in [1.29, 1.82) is 0 Å². The van der Waals surface area contributed by atoms with Gasteiger partial charge in [0.1, 0.15) is 18.9 Å². The van der Waals surface area contributed by atoms with Crippen molar-refractivity contribution in [3.63, 3.8) is 0 Å². The monoisotopic (exact) mass is 404 g/mol. The van der Waals surface area contributed by atoms with Gasteiger partial charge in [-0.25, -0.2) is 9.59 Å². The number of amides is 2. The zero-order chi connectivity index (χ0) is 21.3. The number of aliphatic hydroxyl groups excluding tert-OH is 1. The van der Waals surface area contributed by atoms with Crippen molar-refractivity contribution < 1.29 is 29.0 Å². The van der Waals surface area contributed by atoms with E-state index in [0.29, 0.717) is 6.42 Å². The van der Waals surface area contributed by atoms with Crippen LogP contribution >= 0.6 is 0 Å². The fraction of sp³-hybridized carbons (Fsp3) is 0.571. The molecule has 8 heteroatoms. The van der Waals surface area contributed by atoms with Gasteiger partial charge in [0, 0.05) is 13.0 Å². The second kappa shape index (κ2) is 8.41. The van der Waals surface area contributed by atoms with E-state index in [1.165, 1.54) is 22.0 Å². The van der Waals surface area contributed by atoms with Crippen LogP contribution < -0.4 is 0 Å². The van der Waals surface area contributed by atoms with Crippen molar-refractivity contribution in [1.82, 2.24) is 9.80 Å². The highest BCUT2D eigenvalue weighted by Gasteiger charge is 2.62. The van der Waals surface area contributed by atoms with Crippen LogP contribution in [0.5, 0.6) is 0 Å². The number of ether oxygens (including phenoxy) is 2. The van der Waals surface area contributed by atoms with E-state index in [0.717, 1.165) is 18.4 Å². The molecule has 3 aliphatic rings. The Hall–Kier alpha value is -2.61. The SMILES string of the molecule is C=CCOC(=O)C1=C2[C@H](CCC[C@@H]2N(C)C(=O)OCC=C)[C@@H]2[C@@H](C(C)O)C(=O)N12. The summed E-state index contributed by atoms with van der Waals surface area (Å²) in [6.45, 7) is 8.79. The lowest BCUT2D eigenvalue weighted by atomic mass is 9.71. The zero-order valence-electron chi connectivity index (χ0n) is 16.9. The Kier molecular flexibility index (Phi) is 6.12. The maximum atomic E-state index is 12.8. The summed E-state index contributed by atoms with van der Waals surface area (Å²) in [7, 11) is 1.63. The van der Waals surface area contributed by atoms with Gasteiger partial charge in [-0.3, -0.25) is 4.79 Å². The molecule has 2 fully saturated rings.